The fourth-order valence-electron chi connectivity index (χ4n) is 2.84. The number of hydrogen-bond donors (Lipinski definition) is 2. The van der Waals surface area contributed by atoms with Crippen LogP contribution in [0.2, 0.25) is 0 Å². The zero-order valence-electron chi connectivity index (χ0n) is 16.8. The number of esters is 1. The minimum Gasteiger partial charge on any atom is -0.619 e. The smallest absolute Gasteiger partial charge is 0.339 e. The Labute approximate surface area is 179 Å². The maximum Gasteiger partial charge on any atom is 0.339 e. The van der Waals surface area contributed by atoms with E-state index >= 15 is 0 Å². The van der Waals surface area contributed by atoms with Gasteiger partial charge in [-0.3, -0.25) is 9.59 Å². The molecule has 1 atom stereocenters. The number of amides is 2. The fraction of sp³-hybridized carbons (Fsp3) is 0.130. The maximum atomic E-state index is 12.7. The summed E-state index contributed by atoms with van der Waals surface area (Å²) in [4.78, 5) is 36.9. The standard InChI is InChI=1S/C23H21N3O5/c1-16(17-7-3-2-4-8-17)24-22(28)19-9-5-6-10-20(19)25-21(27)15-31-23(29)18-11-13-26(30)14-12-18/h2-14,16H,15H2,1H3,(H,24,28)(H,25,27)/t16-/m1/s1. The first kappa shape index (κ1) is 21.5. The Kier molecular flexibility index (Phi) is 6.95. The summed E-state index contributed by atoms with van der Waals surface area (Å²) in [5.74, 6) is -1.68. The van der Waals surface area contributed by atoms with Crippen LogP contribution in [0.1, 0.15) is 39.2 Å². The van der Waals surface area contributed by atoms with Gasteiger partial charge in [0, 0.05) is 12.1 Å². The molecule has 8 nitrogen and oxygen atoms in total. The number of aromatic nitrogens is 1. The lowest BCUT2D eigenvalue weighted by atomic mass is 10.1. The zero-order chi connectivity index (χ0) is 22.2. The highest BCUT2D eigenvalue weighted by Gasteiger charge is 2.17. The van der Waals surface area contributed by atoms with Gasteiger partial charge in [-0.05, 0) is 24.6 Å². The van der Waals surface area contributed by atoms with Crippen molar-refractivity contribution in [2.45, 2.75) is 13.0 Å². The van der Waals surface area contributed by atoms with E-state index in [1.165, 1.54) is 12.1 Å². The molecule has 0 saturated carbocycles. The second-order valence-corrected chi connectivity index (χ2v) is 6.72. The second kappa shape index (κ2) is 10.0. The number of carbonyl (C=O) groups is 3. The third-order valence-corrected chi connectivity index (χ3v) is 4.47. The molecule has 0 aliphatic heterocycles. The van der Waals surface area contributed by atoms with Crippen LogP contribution in [0.5, 0.6) is 0 Å². The Morgan fingerprint density at radius 3 is 2.32 bits per heavy atom. The highest BCUT2D eigenvalue weighted by Crippen LogP contribution is 2.18. The number of benzene rings is 2. The summed E-state index contributed by atoms with van der Waals surface area (Å²) >= 11 is 0. The molecule has 0 bridgehead atoms. The number of anilines is 1. The van der Waals surface area contributed by atoms with E-state index in [1.54, 1.807) is 24.3 Å². The van der Waals surface area contributed by atoms with Gasteiger partial charge in [0.2, 0.25) is 0 Å². The van der Waals surface area contributed by atoms with E-state index in [0.717, 1.165) is 18.0 Å². The van der Waals surface area contributed by atoms with Gasteiger partial charge in [0.15, 0.2) is 19.0 Å². The van der Waals surface area contributed by atoms with Gasteiger partial charge in [-0.15, -0.1) is 0 Å². The fourth-order valence-corrected chi connectivity index (χ4v) is 2.84. The molecule has 1 aromatic heterocycles. The van der Waals surface area contributed by atoms with Crippen molar-refractivity contribution >= 4 is 23.5 Å². The molecule has 0 spiro atoms. The molecule has 3 aromatic rings. The van der Waals surface area contributed by atoms with Crippen molar-refractivity contribution in [1.82, 2.24) is 5.32 Å². The van der Waals surface area contributed by atoms with Crippen molar-refractivity contribution in [2.24, 2.45) is 0 Å². The van der Waals surface area contributed by atoms with Crippen LogP contribution in [-0.2, 0) is 9.53 Å². The van der Waals surface area contributed by atoms with Crippen molar-refractivity contribution < 1.29 is 23.9 Å². The molecule has 2 amide bonds. The quantitative estimate of drug-likeness (QED) is 0.347. The molecule has 0 radical (unpaired) electrons. The third-order valence-electron chi connectivity index (χ3n) is 4.47. The number of pyridine rings is 1. The summed E-state index contributed by atoms with van der Waals surface area (Å²) in [5, 5.41) is 16.5. The molecule has 0 unspecified atom stereocenters. The number of para-hydroxylation sites is 1. The number of rotatable bonds is 7. The lowest BCUT2D eigenvalue weighted by molar-refractivity contribution is -0.605. The van der Waals surface area contributed by atoms with E-state index in [1.807, 2.05) is 37.3 Å². The predicted molar refractivity (Wildman–Crippen MR) is 113 cm³/mol. The van der Waals surface area contributed by atoms with Crippen molar-refractivity contribution in [1.29, 1.82) is 0 Å². The number of ether oxygens (including phenoxy) is 1. The largest absolute Gasteiger partial charge is 0.619 e. The first-order valence-corrected chi connectivity index (χ1v) is 9.54. The summed E-state index contributed by atoms with van der Waals surface area (Å²) in [6.07, 6.45) is 2.31. The van der Waals surface area contributed by atoms with Gasteiger partial charge < -0.3 is 20.6 Å². The molecule has 8 heteroatoms. The van der Waals surface area contributed by atoms with E-state index in [2.05, 4.69) is 10.6 Å². The van der Waals surface area contributed by atoms with Crippen LogP contribution in [0.15, 0.2) is 79.1 Å². The molecule has 2 aromatic carbocycles. The van der Waals surface area contributed by atoms with E-state index in [0.29, 0.717) is 10.4 Å². The van der Waals surface area contributed by atoms with Gasteiger partial charge in [0.05, 0.1) is 22.9 Å². The molecule has 1 heterocycles. The maximum absolute atomic E-state index is 12.7. The lowest BCUT2D eigenvalue weighted by Gasteiger charge is -2.16. The van der Waals surface area contributed by atoms with E-state index < -0.39 is 18.5 Å². The van der Waals surface area contributed by atoms with Crippen LogP contribution in [0.3, 0.4) is 0 Å². The number of hydrogen-bond acceptors (Lipinski definition) is 5. The molecule has 0 aliphatic rings. The molecular weight excluding hydrogens is 398 g/mol. The Hall–Kier alpha value is -4.20. The van der Waals surface area contributed by atoms with Crippen LogP contribution in [0, 0.1) is 5.21 Å². The van der Waals surface area contributed by atoms with Crippen molar-refractivity contribution in [3.05, 3.63) is 101 Å². The Balaban J connectivity index is 1.60. The molecule has 0 fully saturated rings. The summed E-state index contributed by atoms with van der Waals surface area (Å²) in [5.41, 5.74) is 1.68. The molecule has 0 saturated heterocycles. The molecule has 158 valence electrons. The van der Waals surface area contributed by atoms with Crippen molar-refractivity contribution in [3.63, 3.8) is 0 Å². The molecule has 31 heavy (non-hydrogen) atoms. The number of nitrogens with zero attached hydrogens (tertiary/aromatic N) is 1. The van der Waals surface area contributed by atoms with Gasteiger partial charge in [0.25, 0.3) is 11.8 Å². The average molecular weight is 419 g/mol. The van der Waals surface area contributed by atoms with Crippen LogP contribution in [0.4, 0.5) is 5.69 Å². The Morgan fingerprint density at radius 2 is 1.61 bits per heavy atom. The van der Waals surface area contributed by atoms with Gasteiger partial charge in [-0.2, -0.15) is 4.73 Å². The number of carbonyl (C=O) groups excluding carboxylic acids is 3. The SMILES string of the molecule is C[C@@H](NC(=O)c1ccccc1NC(=O)COC(=O)c1cc[n+]([O-])cc1)c1ccccc1. The minimum absolute atomic E-state index is 0.148. The zero-order valence-corrected chi connectivity index (χ0v) is 16.8. The monoisotopic (exact) mass is 419 g/mol. The molecular formula is C23H21N3O5. The summed E-state index contributed by atoms with van der Waals surface area (Å²) in [6.45, 7) is 1.33. The third kappa shape index (κ3) is 5.89. The topological polar surface area (TPSA) is 111 Å². The molecule has 0 aliphatic carbocycles. The Bertz CT molecular complexity index is 1070. The normalized spacial score (nSPS) is 11.3. The Morgan fingerprint density at radius 1 is 0.968 bits per heavy atom. The van der Waals surface area contributed by atoms with Crippen molar-refractivity contribution in [2.75, 3.05) is 11.9 Å². The minimum atomic E-state index is -0.738. The van der Waals surface area contributed by atoms with Crippen LogP contribution in [-0.4, -0.2) is 24.4 Å². The highest BCUT2D eigenvalue weighted by atomic mass is 16.5. The van der Waals surface area contributed by atoms with Gasteiger partial charge in [-0.1, -0.05) is 42.5 Å². The predicted octanol–water partition coefficient (Wildman–Crippen LogP) is 2.61. The van der Waals surface area contributed by atoms with Gasteiger partial charge >= 0.3 is 5.97 Å². The summed E-state index contributed by atoms with van der Waals surface area (Å²) in [6, 6.07) is 18.4. The highest BCUT2D eigenvalue weighted by molar-refractivity contribution is 6.04. The van der Waals surface area contributed by atoms with E-state index in [9.17, 15) is 19.6 Å². The number of nitrogens with one attached hydrogen (secondary N) is 2. The molecule has 3 rings (SSSR count). The lowest BCUT2D eigenvalue weighted by Crippen LogP contribution is -2.28. The average Bonchev–Trinajstić information content (AvgIpc) is 2.79. The van der Waals surface area contributed by atoms with Crippen LogP contribution in [0.25, 0.3) is 0 Å². The van der Waals surface area contributed by atoms with Gasteiger partial charge in [-0.25, -0.2) is 4.79 Å². The summed E-state index contributed by atoms with van der Waals surface area (Å²) < 4.78 is 5.49. The van der Waals surface area contributed by atoms with E-state index in [4.69, 9.17) is 4.74 Å². The van der Waals surface area contributed by atoms with E-state index in [-0.39, 0.29) is 23.1 Å². The van der Waals surface area contributed by atoms with Crippen LogP contribution >= 0.6 is 0 Å². The second-order valence-electron chi connectivity index (χ2n) is 6.72. The molecule has 2 N–H and O–H groups in total. The summed E-state index contributed by atoms with van der Waals surface area (Å²) in [7, 11) is 0. The first-order valence-electron chi connectivity index (χ1n) is 9.54. The van der Waals surface area contributed by atoms with Crippen LogP contribution < -0.4 is 15.4 Å². The van der Waals surface area contributed by atoms with Crippen molar-refractivity contribution in [3.8, 4) is 0 Å². The van der Waals surface area contributed by atoms with Gasteiger partial charge in [0.1, 0.15) is 0 Å². The first-order chi connectivity index (χ1) is 14.9.